The molecule has 0 spiro atoms. The van der Waals surface area contributed by atoms with Crippen LogP contribution in [0.25, 0.3) is 71.7 Å². The first-order valence-corrected chi connectivity index (χ1v) is 22.0. The lowest BCUT2D eigenvalue weighted by Crippen LogP contribution is -2.28. The summed E-state index contributed by atoms with van der Waals surface area (Å²) in [4.78, 5) is 2.39. The van der Waals surface area contributed by atoms with E-state index >= 15 is 0 Å². The Morgan fingerprint density at radius 3 is 1.62 bits per heavy atom. The Morgan fingerprint density at radius 1 is 0.344 bits per heavy atom. The molecule has 0 atom stereocenters. The minimum atomic E-state index is -0.502. The molecule has 12 aromatic rings. The van der Waals surface area contributed by atoms with Crippen molar-refractivity contribution in [2.45, 2.75) is 5.41 Å². The van der Waals surface area contributed by atoms with Crippen LogP contribution >= 0.6 is 0 Å². The van der Waals surface area contributed by atoms with Gasteiger partial charge in [0.2, 0.25) is 0 Å². The van der Waals surface area contributed by atoms with Gasteiger partial charge in [0, 0.05) is 44.3 Å². The second-order valence-electron chi connectivity index (χ2n) is 16.8. The van der Waals surface area contributed by atoms with E-state index in [9.17, 15) is 0 Å². The topological polar surface area (TPSA) is 21.3 Å². The predicted octanol–water partition coefficient (Wildman–Crippen LogP) is 16.2. The molecule has 0 amide bonds. The normalized spacial score (nSPS) is 12.8. The Morgan fingerprint density at radius 2 is 0.891 bits per heavy atom. The number of benzene rings is 10. The number of hydrogen-bond acceptors (Lipinski definition) is 2. The molecular formula is C61H40N2O. The van der Waals surface area contributed by atoms with Gasteiger partial charge in [-0.25, -0.2) is 0 Å². The Labute approximate surface area is 371 Å². The van der Waals surface area contributed by atoms with E-state index in [1.54, 1.807) is 0 Å². The van der Waals surface area contributed by atoms with Gasteiger partial charge < -0.3 is 13.9 Å². The van der Waals surface area contributed by atoms with Crippen LogP contribution in [0.3, 0.4) is 0 Å². The third-order valence-corrected chi connectivity index (χ3v) is 13.5. The molecule has 1 aliphatic carbocycles. The number of furan rings is 1. The van der Waals surface area contributed by atoms with Gasteiger partial charge in [0.05, 0.1) is 16.4 Å². The summed E-state index contributed by atoms with van der Waals surface area (Å²) < 4.78 is 9.25. The zero-order valence-electron chi connectivity index (χ0n) is 34.9. The van der Waals surface area contributed by atoms with Crippen LogP contribution in [0, 0.1) is 0 Å². The highest BCUT2D eigenvalue weighted by Gasteiger charge is 2.46. The molecule has 1 aliphatic rings. The minimum absolute atomic E-state index is 0.502. The van der Waals surface area contributed by atoms with Crippen molar-refractivity contribution in [1.29, 1.82) is 0 Å². The van der Waals surface area contributed by atoms with E-state index in [2.05, 4.69) is 252 Å². The number of anilines is 3. The van der Waals surface area contributed by atoms with Crippen molar-refractivity contribution in [2.75, 3.05) is 4.90 Å². The summed E-state index contributed by atoms with van der Waals surface area (Å²) in [6.45, 7) is 0. The molecule has 0 N–H and O–H groups in total. The lowest BCUT2D eigenvalue weighted by atomic mass is 9.67. The van der Waals surface area contributed by atoms with Crippen molar-refractivity contribution in [3.63, 3.8) is 0 Å². The molecule has 2 aromatic heterocycles. The van der Waals surface area contributed by atoms with Gasteiger partial charge in [0.25, 0.3) is 0 Å². The van der Waals surface area contributed by atoms with E-state index < -0.39 is 5.41 Å². The Hall–Kier alpha value is -8.40. The van der Waals surface area contributed by atoms with Crippen molar-refractivity contribution < 1.29 is 4.42 Å². The summed E-state index contributed by atoms with van der Waals surface area (Å²) >= 11 is 0. The SMILES string of the molecule is c1ccc(-c2ccc(N(c3ccc4oc5cc6c(cc5c4c3)-c3ccccc3C6(c3ccccc3)c3ccccc3)c3ccc4c(c3)c3ccccc3n4-c3ccccc3)cc2)cc1. The summed E-state index contributed by atoms with van der Waals surface area (Å²) in [5.74, 6) is 0. The number of hydrogen-bond donors (Lipinski definition) is 0. The molecule has 300 valence electrons. The minimum Gasteiger partial charge on any atom is -0.456 e. The second kappa shape index (κ2) is 14.3. The Kier molecular flexibility index (Phi) is 8.13. The number of nitrogens with zero attached hydrogens (tertiary/aromatic N) is 2. The molecule has 0 saturated carbocycles. The molecule has 0 radical (unpaired) electrons. The zero-order valence-corrected chi connectivity index (χ0v) is 34.9. The standard InChI is InChI=1S/C61H40N2O/c1-5-17-41(18-6-1)42-29-31-46(32-30-42)62(47-33-35-58-52(37-47)50-26-14-16-28-57(50)63(58)45-23-11-4-12-24-45)48-34-36-59-53(38-48)54-39-51-49-25-13-15-27-55(49)61(43-19-7-2-8-20-43,44-21-9-3-10-22-44)56(51)40-60(54)64-59/h1-40H. The van der Waals surface area contributed by atoms with Crippen molar-refractivity contribution in [1.82, 2.24) is 4.57 Å². The van der Waals surface area contributed by atoms with Crippen LogP contribution in [0.15, 0.2) is 247 Å². The van der Waals surface area contributed by atoms with Gasteiger partial charge in [-0.2, -0.15) is 0 Å². The van der Waals surface area contributed by atoms with Gasteiger partial charge in [0.15, 0.2) is 0 Å². The predicted molar refractivity (Wildman–Crippen MR) is 265 cm³/mol. The Balaban J connectivity index is 1.02. The lowest BCUT2D eigenvalue weighted by molar-refractivity contribution is 0.666. The van der Waals surface area contributed by atoms with Crippen LogP contribution in [0.1, 0.15) is 22.3 Å². The lowest BCUT2D eigenvalue weighted by Gasteiger charge is -2.33. The van der Waals surface area contributed by atoms with E-state index in [1.807, 2.05) is 0 Å². The van der Waals surface area contributed by atoms with Crippen LogP contribution in [0.4, 0.5) is 17.1 Å². The van der Waals surface area contributed by atoms with Gasteiger partial charge in [0.1, 0.15) is 11.2 Å². The zero-order chi connectivity index (χ0) is 42.2. The molecule has 0 fully saturated rings. The van der Waals surface area contributed by atoms with Gasteiger partial charge >= 0.3 is 0 Å². The maximum Gasteiger partial charge on any atom is 0.135 e. The van der Waals surface area contributed by atoms with Gasteiger partial charge in [-0.15, -0.1) is 0 Å². The second-order valence-corrected chi connectivity index (χ2v) is 16.8. The van der Waals surface area contributed by atoms with E-state index in [4.69, 9.17) is 4.42 Å². The number of aromatic nitrogens is 1. The van der Waals surface area contributed by atoms with Crippen molar-refractivity contribution in [3.05, 3.63) is 265 Å². The molecule has 2 heterocycles. The molecule has 3 nitrogen and oxygen atoms in total. The highest BCUT2D eigenvalue weighted by Crippen LogP contribution is 2.57. The van der Waals surface area contributed by atoms with Crippen molar-refractivity contribution in [2.24, 2.45) is 0 Å². The van der Waals surface area contributed by atoms with Crippen LogP contribution in [0.5, 0.6) is 0 Å². The molecule has 3 heteroatoms. The van der Waals surface area contributed by atoms with Crippen LogP contribution < -0.4 is 4.90 Å². The average Bonchev–Trinajstić information content (AvgIpc) is 4.00. The van der Waals surface area contributed by atoms with E-state index in [0.717, 1.165) is 44.7 Å². The molecule has 64 heavy (non-hydrogen) atoms. The fourth-order valence-corrected chi connectivity index (χ4v) is 10.7. The van der Waals surface area contributed by atoms with Crippen molar-refractivity contribution in [3.8, 4) is 27.9 Å². The Bertz CT molecular complexity index is 3660. The van der Waals surface area contributed by atoms with E-state index in [-0.39, 0.29) is 0 Å². The average molecular weight is 817 g/mol. The smallest absolute Gasteiger partial charge is 0.135 e. The molecule has 0 aliphatic heterocycles. The van der Waals surface area contributed by atoms with Gasteiger partial charge in [-0.1, -0.05) is 164 Å². The first-order valence-electron chi connectivity index (χ1n) is 22.0. The van der Waals surface area contributed by atoms with E-state index in [0.29, 0.717) is 0 Å². The van der Waals surface area contributed by atoms with Gasteiger partial charge in [-0.3, -0.25) is 0 Å². The summed E-state index contributed by atoms with van der Waals surface area (Å²) in [6.07, 6.45) is 0. The van der Waals surface area contributed by atoms with Crippen LogP contribution in [-0.4, -0.2) is 4.57 Å². The maximum atomic E-state index is 6.88. The monoisotopic (exact) mass is 816 g/mol. The van der Waals surface area contributed by atoms with Gasteiger partial charge in [-0.05, 0) is 123 Å². The molecule has 10 aromatic carbocycles. The summed E-state index contributed by atoms with van der Waals surface area (Å²) in [6, 6.07) is 88.0. The quantitative estimate of drug-likeness (QED) is 0.160. The maximum absolute atomic E-state index is 6.88. The fourth-order valence-electron chi connectivity index (χ4n) is 10.7. The van der Waals surface area contributed by atoms with E-state index in [1.165, 1.54) is 66.3 Å². The van der Waals surface area contributed by atoms with Crippen LogP contribution in [0.2, 0.25) is 0 Å². The molecule has 0 unspecified atom stereocenters. The number of fused-ring (bicyclic) bond motifs is 9. The summed E-state index contributed by atoms with van der Waals surface area (Å²) in [7, 11) is 0. The molecule has 0 bridgehead atoms. The number of rotatable bonds is 7. The highest BCUT2D eigenvalue weighted by molar-refractivity contribution is 6.12. The largest absolute Gasteiger partial charge is 0.456 e. The third kappa shape index (κ3) is 5.41. The van der Waals surface area contributed by atoms with Crippen LogP contribution in [-0.2, 0) is 5.41 Å². The number of para-hydroxylation sites is 2. The highest BCUT2D eigenvalue weighted by atomic mass is 16.3. The van der Waals surface area contributed by atoms with Crippen molar-refractivity contribution >= 4 is 60.8 Å². The molecule has 0 saturated heterocycles. The summed E-state index contributed by atoms with van der Waals surface area (Å²) in [5.41, 5.74) is 17.8. The third-order valence-electron chi connectivity index (χ3n) is 13.5. The molecular weight excluding hydrogens is 777 g/mol. The fraction of sp³-hybridized carbons (Fsp3) is 0.0164. The first-order chi connectivity index (χ1) is 31.7. The first kappa shape index (κ1) is 36.3. The summed E-state index contributed by atoms with van der Waals surface area (Å²) in [5, 5.41) is 4.60. The molecule has 13 rings (SSSR count).